The molecule has 0 amide bonds. The molecule has 0 bridgehead atoms. The minimum atomic E-state index is -0.589. The zero-order valence-electron chi connectivity index (χ0n) is 9.03. The van der Waals surface area contributed by atoms with Gasteiger partial charge >= 0.3 is 0 Å². The molecule has 0 heterocycles. The van der Waals surface area contributed by atoms with Crippen LogP contribution in [0.4, 0.5) is 8.78 Å². The molecule has 0 aliphatic carbocycles. The SMILES string of the molecule is COc1cc(F)c(CCCCN)c(F)c1Br. The monoisotopic (exact) mass is 293 g/mol. The average molecular weight is 294 g/mol. The fourth-order valence-electron chi connectivity index (χ4n) is 1.43. The molecule has 0 saturated heterocycles. The van der Waals surface area contributed by atoms with Crippen LogP contribution in [0, 0.1) is 11.6 Å². The lowest BCUT2D eigenvalue weighted by Crippen LogP contribution is -2.03. The second kappa shape index (κ2) is 6.15. The van der Waals surface area contributed by atoms with Gasteiger partial charge in [0.15, 0.2) is 0 Å². The molecule has 0 fully saturated rings. The van der Waals surface area contributed by atoms with Gasteiger partial charge in [-0.1, -0.05) is 0 Å². The van der Waals surface area contributed by atoms with Gasteiger partial charge in [0.05, 0.1) is 11.6 Å². The minimum Gasteiger partial charge on any atom is -0.495 e. The first-order chi connectivity index (χ1) is 7.61. The molecule has 0 saturated carbocycles. The Morgan fingerprint density at radius 3 is 2.62 bits per heavy atom. The highest BCUT2D eigenvalue weighted by Gasteiger charge is 2.16. The van der Waals surface area contributed by atoms with Gasteiger partial charge < -0.3 is 10.5 Å². The lowest BCUT2D eigenvalue weighted by Gasteiger charge is -2.10. The van der Waals surface area contributed by atoms with Gasteiger partial charge in [-0.2, -0.15) is 0 Å². The van der Waals surface area contributed by atoms with E-state index < -0.39 is 11.6 Å². The maximum Gasteiger partial charge on any atom is 0.147 e. The molecule has 1 aromatic carbocycles. The van der Waals surface area contributed by atoms with Crippen molar-refractivity contribution in [3.63, 3.8) is 0 Å². The molecule has 0 spiro atoms. The van der Waals surface area contributed by atoms with E-state index in [-0.39, 0.29) is 15.8 Å². The second-order valence-electron chi connectivity index (χ2n) is 3.41. The van der Waals surface area contributed by atoms with E-state index in [1.165, 1.54) is 13.2 Å². The van der Waals surface area contributed by atoms with Crippen LogP contribution in [0.25, 0.3) is 0 Å². The van der Waals surface area contributed by atoms with Crippen LogP contribution in [0.15, 0.2) is 10.5 Å². The number of hydrogen-bond acceptors (Lipinski definition) is 2. The van der Waals surface area contributed by atoms with Gasteiger partial charge in [0.2, 0.25) is 0 Å². The fraction of sp³-hybridized carbons (Fsp3) is 0.455. The summed E-state index contributed by atoms with van der Waals surface area (Å²) in [6, 6.07) is 1.19. The molecule has 0 atom stereocenters. The van der Waals surface area contributed by atoms with Gasteiger partial charge in [0.1, 0.15) is 17.4 Å². The van der Waals surface area contributed by atoms with E-state index in [4.69, 9.17) is 10.5 Å². The minimum absolute atomic E-state index is 0.0844. The summed E-state index contributed by atoms with van der Waals surface area (Å²) < 4.78 is 32.3. The number of rotatable bonds is 5. The third-order valence-corrected chi connectivity index (χ3v) is 3.06. The van der Waals surface area contributed by atoms with E-state index in [2.05, 4.69) is 15.9 Å². The molecule has 2 N–H and O–H groups in total. The number of benzene rings is 1. The fourth-order valence-corrected chi connectivity index (χ4v) is 1.95. The normalized spacial score (nSPS) is 10.6. The van der Waals surface area contributed by atoms with Crippen molar-refractivity contribution < 1.29 is 13.5 Å². The van der Waals surface area contributed by atoms with E-state index in [1.54, 1.807) is 0 Å². The second-order valence-corrected chi connectivity index (χ2v) is 4.21. The molecule has 1 aromatic rings. The largest absolute Gasteiger partial charge is 0.495 e. The van der Waals surface area contributed by atoms with Crippen molar-refractivity contribution in [3.8, 4) is 5.75 Å². The Balaban J connectivity index is 2.96. The van der Waals surface area contributed by atoms with E-state index in [0.717, 1.165) is 6.42 Å². The zero-order valence-corrected chi connectivity index (χ0v) is 10.6. The van der Waals surface area contributed by atoms with Crippen LogP contribution in [-0.4, -0.2) is 13.7 Å². The Hall–Kier alpha value is -0.680. The molecule has 0 unspecified atom stereocenters. The third-order valence-electron chi connectivity index (χ3n) is 2.32. The van der Waals surface area contributed by atoms with Gasteiger partial charge in [0, 0.05) is 11.6 Å². The molecule has 0 aliphatic heterocycles. The quantitative estimate of drug-likeness (QED) is 0.669. The molecular formula is C11H14BrF2NO. The molecule has 1 rings (SSSR count). The van der Waals surface area contributed by atoms with Crippen molar-refractivity contribution in [2.24, 2.45) is 5.73 Å². The smallest absolute Gasteiger partial charge is 0.147 e. The van der Waals surface area contributed by atoms with Gasteiger partial charge in [-0.25, -0.2) is 8.78 Å². The van der Waals surface area contributed by atoms with Crippen LogP contribution in [-0.2, 0) is 6.42 Å². The molecule has 5 heteroatoms. The van der Waals surface area contributed by atoms with Crippen LogP contribution in [0.1, 0.15) is 18.4 Å². The topological polar surface area (TPSA) is 35.2 Å². The van der Waals surface area contributed by atoms with Crippen molar-refractivity contribution in [3.05, 3.63) is 27.7 Å². The summed E-state index contributed by atoms with van der Waals surface area (Å²) in [6.45, 7) is 0.528. The summed E-state index contributed by atoms with van der Waals surface area (Å²) >= 11 is 3.04. The summed E-state index contributed by atoms with van der Waals surface area (Å²) in [5.41, 5.74) is 5.41. The van der Waals surface area contributed by atoms with Crippen LogP contribution in [0.5, 0.6) is 5.75 Å². The summed E-state index contributed by atoms with van der Waals surface area (Å²) in [5.74, 6) is -0.999. The Morgan fingerprint density at radius 2 is 2.06 bits per heavy atom. The Bertz CT molecular complexity index is 371. The van der Waals surface area contributed by atoms with Crippen LogP contribution >= 0.6 is 15.9 Å². The number of halogens is 3. The lowest BCUT2D eigenvalue weighted by atomic mass is 10.1. The van der Waals surface area contributed by atoms with E-state index in [9.17, 15) is 8.78 Å². The number of nitrogens with two attached hydrogens (primary N) is 1. The Labute approximate surface area is 102 Å². The Kier molecular flexibility index (Phi) is 5.15. The van der Waals surface area contributed by atoms with Crippen molar-refractivity contribution in [2.45, 2.75) is 19.3 Å². The standard InChI is InChI=1S/C11H14BrF2NO/c1-16-9-6-8(13)7(4-2-3-5-15)11(14)10(9)12/h6H,2-5,15H2,1H3. The van der Waals surface area contributed by atoms with Crippen molar-refractivity contribution in [2.75, 3.05) is 13.7 Å². The number of unbranched alkanes of at least 4 members (excludes halogenated alkanes) is 1. The van der Waals surface area contributed by atoms with Crippen LogP contribution in [0.2, 0.25) is 0 Å². The van der Waals surface area contributed by atoms with Crippen molar-refractivity contribution in [1.82, 2.24) is 0 Å². The maximum absolute atomic E-state index is 13.7. The van der Waals surface area contributed by atoms with Gasteiger partial charge in [0.25, 0.3) is 0 Å². The predicted molar refractivity (Wildman–Crippen MR) is 62.6 cm³/mol. The van der Waals surface area contributed by atoms with Crippen molar-refractivity contribution in [1.29, 1.82) is 0 Å². The molecule has 0 aliphatic rings. The molecule has 16 heavy (non-hydrogen) atoms. The van der Waals surface area contributed by atoms with Gasteiger partial charge in [-0.3, -0.25) is 0 Å². The summed E-state index contributed by atoms with van der Waals surface area (Å²) in [6.07, 6.45) is 1.77. The number of ether oxygens (including phenoxy) is 1. The van der Waals surface area contributed by atoms with E-state index >= 15 is 0 Å². The predicted octanol–water partition coefficient (Wildman–Crippen LogP) is 3.02. The van der Waals surface area contributed by atoms with E-state index in [1.807, 2.05) is 0 Å². The van der Waals surface area contributed by atoms with E-state index in [0.29, 0.717) is 19.4 Å². The Morgan fingerprint density at radius 1 is 1.38 bits per heavy atom. The first-order valence-electron chi connectivity index (χ1n) is 5.02. The van der Waals surface area contributed by atoms with Crippen LogP contribution < -0.4 is 10.5 Å². The number of hydrogen-bond donors (Lipinski definition) is 1. The summed E-state index contributed by atoms with van der Waals surface area (Å²) in [4.78, 5) is 0. The molecule has 90 valence electrons. The first-order valence-corrected chi connectivity index (χ1v) is 5.81. The third kappa shape index (κ3) is 2.92. The van der Waals surface area contributed by atoms with Crippen molar-refractivity contribution >= 4 is 15.9 Å². The molecule has 0 aromatic heterocycles. The van der Waals surface area contributed by atoms with Crippen LogP contribution in [0.3, 0.4) is 0 Å². The molecule has 2 nitrogen and oxygen atoms in total. The lowest BCUT2D eigenvalue weighted by molar-refractivity contribution is 0.401. The average Bonchev–Trinajstić information content (AvgIpc) is 2.28. The highest BCUT2D eigenvalue weighted by molar-refractivity contribution is 9.10. The summed E-state index contributed by atoms with van der Waals surface area (Å²) in [5, 5.41) is 0. The zero-order chi connectivity index (χ0) is 12.1. The molecule has 0 radical (unpaired) electrons. The van der Waals surface area contributed by atoms with Gasteiger partial charge in [-0.05, 0) is 41.7 Å². The summed E-state index contributed by atoms with van der Waals surface area (Å²) in [7, 11) is 1.37. The molecular weight excluding hydrogens is 280 g/mol. The first kappa shape index (κ1) is 13.4. The maximum atomic E-state index is 13.7. The highest BCUT2D eigenvalue weighted by atomic mass is 79.9. The van der Waals surface area contributed by atoms with Gasteiger partial charge in [-0.15, -0.1) is 0 Å². The number of methoxy groups -OCH3 is 1. The highest BCUT2D eigenvalue weighted by Crippen LogP contribution is 2.32.